The Bertz CT molecular complexity index is 495. The molecule has 0 spiro atoms. The fourth-order valence-corrected chi connectivity index (χ4v) is 2.17. The van der Waals surface area contributed by atoms with Crippen molar-refractivity contribution in [3.05, 3.63) is 30.1 Å². The van der Waals surface area contributed by atoms with Crippen molar-refractivity contribution >= 4 is 29.2 Å². The number of hydrogen-bond acceptors (Lipinski definition) is 2. The lowest BCUT2D eigenvalue weighted by Crippen LogP contribution is -2.43. The predicted octanol–water partition coefficient (Wildman–Crippen LogP) is 1.47. The fourth-order valence-electron chi connectivity index (χ4n) is 2.07. The van der Waals surface area contributed by atoms with Gasteiger partial charge in [0.2, 0.25) is 5.91 Å². The van der Waals surface area contributed by atoms with Crippen LogP contribution < -0.4 is 15.5 Å². The summed E-state index contributed by atoms with van der Waals surface area (Å²) in [6.45, 7) is 0.745. The normalized spacial score (nSPS) is 18.2. The minimum atomic E-state index is -0.351. The molecule has 1 saturated heterocycles. The van der Waals surface area contributed by atoms with Gasteiger partial charge in [0.05, 0.1) is 6.04 Å². The molecular weight excluding hydrogens is 285 g/mol. The monoisotopic (exact) mass is 299 g/mol. The summed E-state index contributed by atoms with van der Waals surface area (Å²) in [4.78, 5) is 24.9. The molecule has 0 bridgehead atoms. The molecule has 108 valence electrons. The van der Waals surface area contributed by atoms with Crippen LogP contribution in [0.1, 0.15) is 6.42 Å². The number of hydrogen-bond donors (Lipinski definition) is 2. The Morgan fingerprint density at radius 3 is 2.75 bits per heavy atom. The first-order valence-electron chi connectivity index (χ1n) is 6.26. The number of halogens is 2. The van der Waals surface area contributed by atoms with Gasteiger partial charge in [-0.25, -0.2) is 9.18 Å². The zero-order valence-corrected chi connectivity index (χ0v) is 11.5. The SMILES string of the molecule is O=C(NCCCl)N[C@H]1CC(=O)N(c2ccc(F)cc2)C1. The van der Waals surface area contributed by atoms with Crippen LogP contribution in [0.4, 0.5) is 14.9 Å². The van der Waals surface area contributed by atoms with E-state index in [4.69, 9.17) is 11.6 Å². The van der Waals surface area contributed by atoms with Gasteiger partial charge in [-0.3, -0.25) is 4.79 Å². The molecule has 2 N–H and O–H groups in total. The number of urea groups is 1. The summed E-state index contributed by atoms with van der Waals surface area (Å²) >= 11 is 5.47. The van der Waals surface area contributed by atoms with Gasteiger partial charge in [0.25, 0.3) is 0 Å². The van der Waals surface area contributed by atoms with E-state index in [9.17, 15) is 14.0 Å². The van der Waals surface area contributed by atoms with Gasteiger partial charge in [-0.15, -0.1) is 11.6 Å². The highest BCUT2D eigenvalue weighted by Crippen LogP contribution is 2.21. The molecule has 5 nitrogen and oxygen atoms in total. The van der Waals surface area contributed by atoms with Crippen molar-refractivity contribution in [3.63, 3.8) is 0 Å². The third-order valence-corrected chi connectivity index (χ3v) is 3.17. The quantitative estimate of drug-likeness (QED) is 0.827. The van der Waals surface area contributed by atoms with Crippen molar-refractivity contribution in [1.82, 2.24) is 10.6 Å². The first-order valence-corrected chi connectivity index (χ1v) is 6.80. The molecular formula is C13H15ClFN3O2. The van der Waals surface area contributed by atoms with Crippen molar-refractivity contribution in [2.45, 2.75) is 12.5 Å². The van der Waals surface area contributed by atoms with Crippen molar-refractivity contribution in [2.75, 3.05) is 23.9 Å². The van der Waals surface area contributed by atoms with E-state index in [2.05, 4.69) is 10.6 Å². The standard InChI is InChI=1S/C13H15ClFN3O2/c14-5-6-16-13(20)17-10-7-12(19)18(8-10)11-3-1-9(15)2-4-11/h1-4,10H,5-8H2,(H2,16,17,20)/t10-/m0/s1. The van der Waals surface area contributed by atoms with Gasteiger partial charge in [0.15, 0.2) is 0 Å². The zero-order valence-electron chi connectivity index (χ0n) is 10.7. The fraction of sp³-hybridized carbons (Fsp3) is 0.385. The molecule has 1 fully saturated rings. The average Bonchev–Trinajstić information content (AvgIpc) is 2.78. The predicted molar refractivity (Wildman–Crippen MR) is 74.4 cm³/mol. The number of carbonyl (C=O) groups is 2. The van der Waals surface area contributed by atoms with Gasteiger partial charge in [-0.1, -0.05) is 0 Å². The van der Waals surface area contributed by atoms with Crippen molar-refractivity contribution in [1.29, 1.82) is 0 Å². The minimum Gasteiger partial charge on any atom is -0.337 e. The molecule has 7 heteroatoms. The summed E-state index contributed by atoms with van der Waals surface area (Å²) in [5.74, 6) is -0.117. The second kappa shape index (κ2) is 6.56. The summed E-state index contributed by atoms with van der Waals surface area (Å²) in [7, 11) is 0. The maximum Gasteiger partial charge on any atom is 0.315 e. The largest absolute Gasteiger partial charge is 0.337 e. The van der Waals surface area contributed by atoms with E-state index in [1.807, 2.05) is 0 Å². The van der Waals surface area contributed by atoms with E-state index in [1.54, 1.807) is 12.1 Å². The first kappa shape index (κ1) is 14.6. The summed E-state index contributed by atoms with van der Waals surface area (Å²) in [6.07, 6.45) is 0.228. The van der Waals surface area contributed by atoms with Crippen LogP contribution in [0.2, 0.25) is 0 Å². The van der Waals surface area contributed by atoms with Crippen LogP contribution in [-0.2, 0) is 4.79 Å². The molecule has 0 aromatic heterocycles. The van der Waals surface area contributed by atoms with Crippen LogP contribution in [0, 0.1) is 5.82 Å². The van der Waals surface area contributed by atoms with Crippen LogP contribution in [0.3, 0.4) is 0 Å². The Labute approximate surface area is 121 Å². The number of anilines is 1. The second-order valence-electron chi connectivity index (χ2n) is 4.47. The highest BCUT2D eigenvalue weighted by atomic mass is 35.5. The van der Waals surface area contributed by atoms with Crippen LogP contribution in [0.15, 0.2) is 24.3 Å². The van der Waals surface area contributed by atoms with Crippen molar-refractivity contribution < 1.29 is 14.0 Å². The Hall–Kier alpha value is -1.82. The second-order valence-corrected chi connectivity index (χ2v) is 4.85. The van der Waals surface area contributed by atoms with Gasteiger partial charge in [0, 0.05) is 31.1 Å². The number of alkyl halides is 1. The highest BCUT2D eigenvalue weighted by Gasteiger charge is 2.31. The number of benzene rings is 1. The number of amides is 3. The molecule has 20 heavy (non-hydrogen) atoms. The van der Waals surface area contributed by atoms with Gasteiger partial charge in [-0.2, -0.15) is 0 Å². The van der Waals surface area contributed by atoms with Crippen LogP contribution in [0.5, 0.6) is 0 Å². The zero-order chi connectivity index (χ0) is 14.5. The van der Waals surface area contributed by atoms with E-state index in [1.165, 1.54) is 17.0 Å². The third-order valence-electron chi connectivity index (χ3n) is 2.98. The van der Waals surface area contributed by atoms with E-state index < -0.39 is 0 Å². The topological polar surface area (TPSA) is 61.4 Å². The van der Waals surface area contributed by atoms with E-state index >= 15 is 0 Å². The molecule has 0 unspecified atom stereocenters. The Morgan fingerprint density at radius 2 is 2.10 bits per heavy atom. The van der Waals surface area contributed by atoms with Gasteiger partial charge in [-0.05, 0) is 24.3 Å². The number of carbonyl (C=O) groups excluding carboxylic acids is 2. The smallest absolute Gasteiger partial charge is 0.315 e. The summed E-state index contributed by atoms with van der Waals surface area (Å²) in [5, 5.41) is 5.28. The Kier molecular flexibility index (Phi) is 4.79. The first-order chi connectivity index (χ1) is 9.60. The van der Waals surface area contributed by atoms with Crippen molar-refractivity contribution in [2.24, 2.45) is 0 Å². The molecule has 0 saturated carbocycles. The van der Waals surface area contributed by atoms with Crippen LogP contribution >= 0.6 is 11.6 Å². The molecule has 1 aromatic carbocycles. The maximum absolute atomic E-state index is 12.9. The number of rotatable bonds is 4. The number of nitrogens with one attached hydrogen (secondary N) is 2. The molecule has 1 heterocycles. The van der Waals surface area contributed by atoms with E-state index in [0.29, 0.717) is 24.7 Å². The summed E-state index contributed by atoms with van der Waals surface area (Å²) in [5.41, 5.74) is 0.627. The Balaban J connectivity index is 1.93. The molecule has 1 aromatic rings. The van der Waals surface area contributed by atoms with Gasteiger partial charge < -0.3 is 15.5 Å². The lowest BCUT2D eigenvalue weighted by Gasteiger charge is -2.17. The van der Waals surface area contributed by atoms with E-state index in [0.717, 1.165) is 0 Å². The summed E-state index contributed by atoms with van der Waals surface area (Å²) < 4.78 is 12.9. The third kappa shape index (κ3) is 3.60. The highest BCUT2D eigenvalue weighted by molar-refractivity contribution is 6.18. The molecule has 1 aliphatic heterocycles. The minimum absolute atomic E-state index is 0.0979. The average molecular weight is 300 g/mol. The van der Waals surface area contributed by atoms with Crippen LogP contribution in [-0.4, -0.2) is 36.9 Å². The lowest BCUT2D eigenvalue weighted by molar-refractivity contribution is -0.117. The summed E-state index contributed by atoms with van der Waals surface area (Å²) in [6, 6.07) is 5.09. The van der Waals surface area contributed by atoms with Crippen LogP contribution in [0.25, 0.3) is 0 Å². The molecule has 0 aliphatic carbocycles. The maximum atomic E-state index is 12.9. The van der Waals surface area contributed by atoms with Crippen molar-refractivity contribution in [3.8, 4) is 0 Å². The molecule has 2 rings (SSSR count). The van der Waals surface area contributed by atoms with E-state index in [-0.39, 0.29) is 30.2 Å². The lowest BCUT2D eigenvalue weighted by atomic mass is 10.2. The van der Waals surface area contributed by atoms with Gasteiger partial charge in [0.1, 0.15) is 5.82 Å². The van der Waals surface area contributed by atoms with Gasteiger partial charge >= 0.3 is 6.03 Å². The molecule has 0 radical (unpaired) electrons. The molecule has 1 atom stereocenters. The molecule has 3 amide bonds. The number of nitrogens with zero attached hydrogens (tertiary/aromatic N) is 1. The Morgan fingerprint density at radius 1 is 1.40 bits per heavy atom. The molecule has 1 aliphatic rings.